The van der Waals surface area contributed by atoms with Crippen LogP contribution in [0.2, 0.25) is 0 Å². The third kappa shape index (κ3) is 6.92. The molecule has 0 amide bonds. The number of hydrogen-bond acceptors (Lipinski definition) is 6. The van der Waals surface area contributed by atoms with Gasteiger partial charge in [-0.25, -0.2) is 27.9 Å². The molecule has 0 atom stereocenters. The highest BCUT2D eigenvalue weighted by Gasteiger charge is 2.25. The number of hydrogen-bond donors (Lipinski definition) is 0. The van der Waals surface area contributed by atoms with Gasteiger partial charge in [-0.3, -0.25) is 0 Å². The summed E-state index contributed by atoms with van der Waals surface area (Å²) in [7, 11) is 1.49. The molecule has 0 saturated heterocycles. The second-order valence-electron chi connectivity index (χ2n) is 11.2. The van der Waals surface area contributed by atoms with Crippen molar-refractivity contribution in [2.45, 2.75) is 45.9 Å². The summed E-state index contributed by atoms with van der Waals surface area (Å²) in [5.74, 6) is -2.45. The lowest BCUT2D eigenvalue weighted by Crippen LogP contribution is -2.24. The summed E-state index contributed by atoms with van der Waals surface area (Å²) < 4.78 is 64.5. The lowest BCUT2D eigenvalue weighted by Gasteiger charge is -2.19. The molecule has 10 heteroatoms. The van der Waals surface area contributed by atoms with Crippen molar-refractivity contribution in [3.05, 3.63) is 113 Å². The zero-order valence-electron chi connectivity index (χ0n) is 24.9. The normalized spacial score (nSPS) is 11.6. The van der Waals surface area contributed by atoms with Crippen LogP contribution in [0.4, 0.5) is 13.2 Å². The zero-order valence-corrected chi connectivity index (χ0v) is 24.9. The minimum absolute atomic E-state index is 0.0180. The van der Waals surface area contributed by atoms with Crippen LogP contribution >= 0.6 is 0 Å². The first-order valence-electron chi connectivity index (χ1n) is 14.1. The van der Waals surface area contributed by atoms with Crippen molar-refractivity contribution in [1.29, 1.82) is 0 Å². The fourth-order valence-corrected chi connectivity index (χ4v) is 4.75. The number of imidazole rings is 1. The zero-order chi connectivity index (χ0) is 31.4. The molecule has 0 bridgehead atoms. The van der Waals surface area contributed by atoms with Crippen LogP contribution in [0, 0.1) is 17.5 Å². The van der Waals surface area contributed by atoms with E-state index in [1.165, 1.54) is 23.8 Å². The lowest BCUT2D eigenvalue weighted by molar-refractivity contribution is 0.00649. The summed E-state index contributed by atoms with van der Waals surface area (Å²) >= 11 is 0. The van der Waals surface area contributed by atoms with E-state index in [1.807, 2.05) is 30.3 Å². The van der Waals surface area contributed by atoms with Crippen LogP contribution in [-0.2, 0) is 29.0 Å². The highest BCUT2D eigenvalue weighted by molar-refractivity contribution is 5.94. The van der Waals surface area contributed by atoms with E-state index in [-0.39, 0.29) is 71.3 Å². The summed E-state index contributed by atoms with van der Waals surface area (Å²) in [6.45, 7) is 5.70. The first kappa shape index (κ1) is 30.7. The number of halogens is 3. The molecule has 0 aliphatic rings. The molecular weight excluding hydrogens is 571 g/mol. The van der Waals surface area contributed by atoms with Crippen LogP contribution in [0.3, 0.4) is 0 Å². The highest BCUT2D eigenvalue weighted by Crippen LogP contribution is 2.29. The van der Waals surface area contributed by atoms with Gasteiger partial charge in [-0.15, -0.1) is 0 Å². The Hall–Kier alpha value is -4.70. The number of rotatable bonds is 10. The largest absolute Gasteiger partial charge is 0.473 e. The van der Waals surface area contributed by atoms with Gasteiger partial charge in [0.1, 0.15) is 35.2 Å². The second-order valence-corrected chi connectivity index (χ2v) is 11.2. The molecule has 228 valence electrons. The number of benzene rings is 3. The Morgan fingerprint density at radius 1 is 0.909 bits per heavy atom. The predicted octanol–water partition coefficient (Wildman–Crippen LogP) is 7.29. The number of pyridine rings is 1. The summed E-state index contributed by atoms with van der Waals surface area (Å²) in [4.78, 5) is 21.5. The van der Waals surface area contributed by atoms with E-state index in [1.54, 1.807) is 39.0 Å². The second kappa shape index (κ2) is 12.9. The van der Waals surface area contributed by atoms with Crippen LogP contribution in [0.5, 0.6) is 5.88 Å². The Kier molecular flexibility index (Phi) is 9.01. The molecule has 3 aromatic carbocycles. The summed E-state index contributed by atoms with van der Waals surface area (Å²) in [5.41, 5.74) is 0.383. The summed E-state index contributed by atoms with van der Waals surface area (Å²) in [6, 6.07) is 19.4. The molecule has 0 saturated carbocycles. The number of carbonyl (C=O) groups excluding carboxylic acids is 1. The maximum Gasteiger partial charge on any atom is 0.341 e. The molecule has 2 aromatic heterocycles. The minimum Gasteiger partial charge on any atom is -0.473 e. The average Bonchev–Trinajstić information content (AvgIpc) is 3.34. The van der Waals surface area contributed by atoms with Gasteiger partial charge < -0.3 is 18.8 Å². The Morgan fingerprint density at radius 2 is 1.68 bits per heavy atom. The average molecular weight is 604 g/mol. The van der Waals surface area contributed by atoms with Gasteiger partial charge in [0.25, 0.3) is 0 Å². The lowest BCUT2D eigenvalue weighted by atomic mass is 10.0. The van der Waals surface area contributed by atoms with E-state index in [2.05, 4.69) is 9.97 Å². The van der Waals surface area contributed by atoms with E-state index in [0.717, 1.165) is 17.7 Å². The first-order valence-corrected chi connectivity index (χ1v) is 14.1. The summed E-state index contributed by atoms with van der Waals surface area (Å²) in [5, 5.41) is 0. The number of methoxy groups -OCH3 is 1. The van der Waals surface area contributed by atoms with Crippen molar-refractivity contribution in [1.82, 2.24) is 14.5 Å². The van der Waals surface area contributed by atoms with Crippen LogP contribution in [-0.4, -0.2) is 39.8 Å². The van der Waals surface area contributed by atoms with E-state index < -0.39 is 29.0 Å². The van der Waals surface area contributed by atoms with Crippen molar-refractivity contribution in [2.75, 3.05) is 13.7 Å². The fourth-order valence-electron chi connectivity index (χ4n) is 4.75. The van der Waals surface area contributed by atoms with Gasteiger partial charge >= 0.3 is 5.97 Å². The van der Waals surface area contributed by atoms with E-state index in [4.69, 9.17) is 14.2 Å². The number of carbonyl (C=O) groups is 1. The molecule has 0 spiro atoms. The number of ether oxygens (including phenoxy) is 3. The molecule has 0 radical (unpaired) electrons. The van der Waals surface area contributed by atoms with Crippen LogP contribution < -0.4 is 4.74 Å². The van der Waals surface area contributed by atoms with E-state index >= 15 is 13.2 Å². The Bertz CT molecular complexity index is 1800. The van der Waals surface area contributed by atoms with Crippen molar-refractivity contribution in [3.63, 3.8) is 0 Å². The molecule has 2 heterocycles. The molecule has 7 nitrogen and oxygen atoms in total. The van der Waals surface area contributed by atoms with Gasteiger partial charge in [0, 0.05) is 31.7 Å². The van der Waals surface area contributed by atoms with Crippen LogP contribution in [0.15, 0.2) is 72.8 Å². The first-order chi connectivity index (χ1) is 21.0. The van der Waals surface area contributed by atoms with Crippen molar-refractivity contribution >= 4 is 17.0 Å². The number of nitrogens with zero attached hydrogens (tertiary/aromatic N) is 3. The highest BCUT2D eigenvalue weighted by atomic mass is 19.1. The molecule has 0 unspecified atom stereocenters. The smallest absolute Gasteiger partial charge is 0.341 e. The van der Waals surface area contributed by atoms with Crippen LogP contribution in [0.25, 0.3) is 22.3 Å². The molecule has 0 N–H and O–H groups in total. The number of esters is 1. The maximum absolute atomic E-state index is 15.7. The van der Waals surface area contributed by atoms with E-state index in [9.17, 15) is 4.79 Å². The van der Waals surface area contributed by atoms with Gasteiger partial charge in [0.15, 0.2) is 5.82 Å². The number of aromatic nitrogens is 3. The third-order valence-electron chi connectivity index (χ3n) is 6.78. The predicted molar refractivity (Wildman–Crippen MR) is 160 cm³/mol. The monoisotopic (exact) mass is 603 g/mol. The van der Waals surface area contributed by atoms with Crippen molar-refractivity contribution < 1.29 is 32.2 Å². The Morgan fingerprint density at radius 3 is 2.41 bits per heavy atom. The van der Waals surface area contributed by atoms with Gasteiger partial charge in [0.05, 0.1) is 23.4 Å². The standard InChI is InChI=1S/C34H32F3N3O4/c1-34(2,3)44-33(41)23-13-14-28-32(31(23)37)40(15-16-42-4)29(38-28)18-22-17-26(36)24(19-25(22)35)27-11-8-12-30(39-27)43-20-21-9-6-5-7-10-21/h5-14,17,19H,15-16,18,20H2,1-4H3. The molecule has 0 aliphatic carbocycles. The summed E-state index contributed by atoms with van der Waals surface area (Å²) in [6.07, 6.45) is -0.143. The quantitative estimate of drug-likeness (QED) is 0.156. The van der Waals surface area contributed by atoms with Crippen LogP contribution in [0.1, 0.15) is 48.1 Å². The van der Waals surface area contributed by atoms with Gasteiger partial charge in [-0.2, -0.15) is 0 Å². The molecule has 5 aromatic rings. The number of fused-ring (bicyclic) bond motifs is 1. The van der Waals surface area contributed by atoms with Gasteiger partial charge in [-0.1, -0.05) is 36.4 Å². The Labute approximate surface area is 253 Å². The topological polar surface area (TPSA) is 75.5 Å². The molecule has 44 heavy (non-hydrogen) atoms. The van der Waals surface area contributed by atoms with Crippen molar-refractivity contribution in [3.8, 4) is 17.1 Å². The Balaban J connectivity index is 1.45. The fraction of sp³-hybridized carbons (Fsp3) is 0.265. The molecule has 0 fully saturated rings. The van der Waals surface area contributed by atoms with Gasteiger partial charge in [0.2, 0.25) is 5.88 Å². The third-order valence-corrected chi connectivity index (χ3v) is 6.78. The van der Waals surface area contributed by atoms with Crippen molar-refractivity contribution in [2.24, 2.45) is 0 Å². The SMILES string of the molecule is COCCn1c(Cc2cc(F)c(-c3cccc(OCc4ccccc4)n3)cc2F)nc2ccc(C(=O)OC(C)(C)C)c(F)c21. The minimum atomic E-state index is -0.820. The molecule has 0 aliphatic heterocycles. The molecular formula is C34H32F3N3O4. The maximum atomic E-state index is 15.7. The molecule has 5 rings (SSSR count). The van der Waals surface area contributed by atoms with Gasteiger partial charge in [-0.05, 0) is 62.2 Å². The van der Waals surface area contributed by atoms with E-state index in [0.29, 0.717) is 0 Å².